The highest BCUT2D eigenvalue weighted by Crippen LogP contribution is 2.17. The van der Waals surface area contributed by atoms with Gasteiger partial charge in [-0.3, -0.25) is 5.32 Å². The van der Waals surface area contributed by atoms with Crippen LogP contribution in [-0.4, -0.2) is 6.09 Å². The van der Waals surface area contributed by atoms with Crippen LogP contribution >= 0.6 is 11.6 Å². The van der Waals surface area contributed by atoms with Crippen molar-refractivity contribution in [1.29, 1.82) is 10.5 Å². The molecule has 6 heteroatoms. The molecule has 0 aliphatic heterocycles. The second kappa shape index (κ2) is 7.65. The SMILES string of the molecule is N#CC(C#N)=Cc1ccc(OC(=O)Nc2ccc(Cl)cc2)cc1. The maximum atomic E-state index is 11.8. The molecule has 0 heterocycles. The molecule has 0 atom stereocenters. The first-order valence-electron chi connectivity index (χ1n) is 6.47. The summed E-state index contributed by atoms with van der Waals surface area (Å²) in [6.45, 7) is 0. The molecule has 0 unspecified atom stereocenters. The van der Waals surface area contributed by atoms with E-state index >= 15 is 0 Å². The smallest absolute Gasteiger partial charge is 0.410 e. The summed E-state index contributed by atoms with van der Waals surface area (Å²) < 4.78 is 5.13. The second-order valence-corrected chi connectivity index (χ2v) is 4.81. The molecule has 0 saturated carbocycles. The first kappa shape index (κ1) is 16.1. The number of allylic oxidation sites excluding steroid dienone is 1. The van der Waals surface area contributed by atoms with Crippen LogP contribution in [0.2, 0.25) is 5.02 Å². The quantitative estimate of drug-likeness (QED) is 0.849. The van der Waals surface area contributed by atoms with Gasteiger partial charge in [-0.25, -0.2) is 4.79 Å². The fraction of sp³-hybridized carbons (Fsp3) is 0. The molecule has 0 saturated heterocycles. The molecule has 1 N–H and O–H groups in total. The van der Waals surface area contributed by atoms with Crippen molar-refractivity contribution in [3.05, 3.63) is 64.7 Å². The highest BCUT2D eigenvalue weighted by Gasteiger charge is 2.05. The summed E-state index contributed by atoms with van der Waals surface area (Å²) in [4.78, 5) is 11.8. The first-order chi connectivity index (χ1) is 11.1. The Morgan fingerprint density at radius 3 is 2.22 bits per heavy atom. The Balaban J connectivity index is 1.99. The molecule has 112 valence electrons. The number of nitrogens with zero attached hydrogens (tertiary/aromatic N) is 2. The van der Waals surface area contributed by atoms with Crippen molar-refractivity contribution in [2.45, 2.75) is 0 Å². The number of benzene rings is 2. The zero-order valence-electron chi connectivity index (χ0n) is 11.8. The number of hydrogen-bond donors (Lipinski definition) is 1. The molecule has 2 aromatic carbocycles. The van der Waals surface area contributed by atoms with E-state index in [1.165, 1.54) is 6.08 Å². The average Bonchev–Trinajstić information content (AvgIpc) is 2.56. The number of anilines is 1. The lowest BCUT2D eigenvalue weighted by Crippen LogP contribution is -2.16. The molecule has 0 spiro atoms. The summed E-state index contributed by atoms with van der Waals surface area (Å²) in [5.41, 5.74) is 1.22. The molecule has 0 aliphatic rings. The van der Waals surface area contributed by atoms with Gasteiger partial charge in [0.25, 0.3) is 0 Å². The van der Waals surface area contributed by atoms with Crippen molar-refractivity contribution < 1.29 is 9.53 Å². The number of nitriles is 2. The number of carbonyl (C=O) groups is 1. The van der Waals surface area contributed by atoms with Crippen LogP contribution in [0.1, 0.15) is 5.56 Å². The molecular formula is C17H10ClN3O2. The lowest BCUT2D eigenvalue weighted by molar-refractivity contribution is 0.215. The van der Waals surface area contributed by atoms with E-state index in [4.69, 9.17) is 26.9 Å². The lowest BCUT2D eigenvalue weighted by atomic mass is 10.1. The van der Waals surface area contributed by atoms with E-state index < -0.39 is 6.09 Å². The summed E-state index contributed by atoms with van der Waals surface area (Å²) in [5.74, 6) is 0.337. The van der Waals surface area contributed by atoms with E-state index in [1.54, 1.807) is 60.7 Å². The van der Waals surface area contributed by atoms with Crippen molar-refractivity contribution in [3.8, 4) is 17.9 Å². The third kappa shape index (κ3) is 4.89. The Morgan fingerprint density at radius 1 is 1.04 bits per heavy atom. The molecule has 0 radical (unpaired) electrons. The van der Waals surface area contributed by atoms with E-state index in [0.717, 1.165) is 0 Å². The Morgan fingerprint density at radius 2 is 1.65 bits per heavy atom. The standard InChI is InChI=1S/C17H10ClN3O2/c18-14-3-5-15(6-4-14)21-17(22)23-16-7-1-12(2-8-16)9-13(10-19)11-20/h1-9H,(H,21,22). The Labute approximate surface area is 138 Å². The van der Waals surface area contributed by atoms with Crippen LogP contribution < -0.4 is 10.1 Å². The number of amides is 1. The topological polar surface area (TPSA) is 85.9 Å². The van der Waals surface area contributed by atoms with Gasteiger partial charge in [0.05, 0.1) is 0 Å². The van der Waals surface area contributed by atoms with E-state index in [9.17, 15) is 4.79 Å². The average molecular weight is 324 g/mol. The van der Waals surface area contributed by atoms with Crippen LogP contribution in [-0.2, 0) is 0 Å². The van der Waals surface area contributed by atoms with Gasteiger partial charge in [0.15, 0.2) is 0 Å². The van der Waals surface area contributed by atoms with Crippen LogP contribution in [0.15, 0.2) is 54.1 Å². The number of hydrogen-bond acceptors (Lipinski definition) is 4. The third-order valence-corrected chi connectivity index (χ3v) is 2.99. The first-order valence-corrected chi connectivity index (χ1v) is 6.85. The van der Waals surface area contributed by atoms with Gasteiger partial charge < -0.3 is 4.74 Å². The summed E-state index contributed by atoms with van der Waals surface area (Å²) in [7, 11) is 0. The zero-order chi connectivity index (χ0) is 16.7. The van der Waals surface area contributed by atoms with Gasteiger partial charge in [0.2, 0.25) is 0 Å². The minimum atomic E-state index is -0.634. The highest BCUT2D eigenvalue weighted by molar-refractivity contribution is 6.30. The summed E-state index contributed by atoms with van der Waals surface area (Å²) in [6.07, 6.45) is 0.808. The van der Waals surface area contributed by atoms with Crippen molar-refractivity contribution >= 4 is 29.5 Å². The third-order valence-electron chi connectivity index (χ3n) is 2.73. The van der Waals surface area contributed by atoms with E-state index in [1.807, 2.05) is 0 Å². The molecular weight excluding hydrogens is 314 g/mol. The number of ether oxygens (including phenoxy) is 1. The highest BCUT2D eigenvalue weighted by atomic mass is 35.5. The predicted octanol–water partition coefficient (Wildman–Crippen LogP) is 4.38. The monoisotopic (exact) mass is 323 g/mol. The summed E-state index contributed by atoms with van der Waals surface area (Å²) >= 11 is 5.76. The van der Waals surface area contributed by atoms with E-state index in [0.29, 0.717) is 22.0 Å². The molecule has 2 aromatic rings. The molecule has 0 aliphatic carbocycles. The minimum Gasteiger partial charge on any atom is -0.410 e. The van der Waals surface area contributed by atoms with Crippen molar-refractivity contribution in [2.24, 2.45) is 0 Å². The molecule has 0 fully saturated rings. The molecule has 5 nitrogen and oxygen atoms in total. The fourth-order valence-electron chi connectivity index (χ4n) is 1.67. The lowest BCUT2D eigenvalue weighted by Gasteiger charge is -2.07. The van der Waals surface area contributed by atoms with Crippen molar-refractivity contribution in [2.75, 3.05) is 5.32 Å². The van der Waals surface area contributed by atoms with Gasteiger partial charge in [-0.15, -0.1) is 0 Å². The Hall–Kier alpha value is -3.28. The predicted molar refractivity (Wildman–Crippen MR) is 86.7 cm³/mol. The van der Waals surface area contributed by atoms with Crippen molar-refractivity contribution in [1.82, 2.24) is 0 Å². The van der Waals surface area contributed by atoms with E-state index in [-0.39, 0.29) is 5.57 Å². The van der Waals surface area contributed by atoms with Gasteiger partial charge in [0, 0.05) is 10.7 Å². The maximum Gasteiger partial charge on any atom is 0.417 e. The van der Waals surface area contributed by atoms with Gasteiger partial charge in [-0.2, -0.15) is 10.5 Å². The molecule has 23 heavy (non-hydrogen) atoms. The van der Waals surface area contributed by atoms with Gasteiger partial charge in [-0.1, -0.05) is 23.7 Å². The number of rotatable bonds is 3. The van der Waals surface area contributed by atoms with Gasteiger partial charge in [0.1, 0.15) is 23.5 Å². The Kier molecular flexibility index (Phi) is 5.35. The van der Waals surface area contributed by atoms with Crippen molar-refractivity contribution in [3.63, 3.8) is 0 Å². The summed E-state index contributed by atoms with van der Waals surface area (Å²) in [5, 5.41) is 20.5. The zero-order valence-corrected chi connectivity index (χ0v) is 12.5. The van der Waals surface area contributed by atoms with Crippen LogP contribution in [0, 0.1) is 22.7 Å². The number of halogens is 1. The summed E-state index contributed by atoms with van der Waals surface area (Å²) in [6, 6.07) is 16.6. The second-order valence-electron chi connectivity index (χ2n) is 4.37. The molecule has 0 aromatic heterocycles. The van der Waals surface area contributed by atoms with Crippen LogP contribution in [0.4, 0.5) is 10.5 Å². The molecule has 2 rings (SSSR count). The maximum absolute atomic E-state index is 11.8. The van der Waals surface area contributed by atoms with E-state index in [2.05, 4.69) is 5.32 Å². The largest absolute Gasteiger partial charge is 0.417 e. The normalized spacial score (nSPS) is 9.17. The fourth-order valence-corrected chi connectivity index (χ4v) is 1.80. The molecule has 0 bridgehead atoms. The van der Waals surface area contributed by atoms with Gasteiger partial charge >= 0.3 is 6.09 Å². The van der Waals surface area contributed by atoms with Crippen LogP contribution in [0.5, 0.6) is 5.75 Å². The Bertz CT molecular complexity index is 797. The van der Waals surface area contributed by atoms with Crippen LogP contribution in [0.25, 0.3) is 6.08 Å². The van der Waals surface area contributed by atoms with Crippen LogP contribution in [0.3, 0.4) is 0 Å². The molecule has 1 amide bonds. The number of carbonyl (C=O) groups excluding carboxylic acids is 1. The number of nitrogens with one attached hydrogen (secondary N) is 1. The minimum absolute atomic E-state index is 0.000787. The van der Waals surface area contributed by atoms with Gasteiger partial charge in [-0.05, 0) is 48.0 Å².